The van der Waals surface area contributed by atoms with E-state index >= 15 is 0 Å². The number of benzene rings is 3. The zero-order chi connectivity index (χ0) is 23.7. The number of rotatable bonds is 5. The van der Waals surface area contributed by atoms with Gasteiger partial charge in [-0.15, -0.1) is 0 Å². The van der Waals surface area contributed by atoms with E-state index in [9.17, 15) is 9.59 Å². The van der Waals surface area contributed by atoms with Crippen molar-refractivity contribution in [2.45, 2.75) is 25.3 Å². The van der Waals surface area contributed by atoms with Crippen molar-refractivity contribution in [3.05, 3.63) is 118 Å². The van der Waals surface area contributed by atoms with Crippen LogP contribution in [-0.4, -0.2) is 28.8 Å². The molecule has 5 rings (SSSR count). The molecule has 2 N–H and O–H groups in total. The highest BCUT2D eigenvalue weighted by Crippen LogP contribution is 2.43. The summed E-state index contributed by atoms with van der Waals surface area (Å²) in [6.45, 7) is 1.97. The van der Waals surface area contributed by atoms with Gasteiger partial charge in [-0.05, 0) is 30.2 Å². The summed E-state index contributed by atoms with van der Waals surface area (Å²) in [7, 11) is 1.32. The van der Waals surface area contributed by atoms with E-state index in [4.69, 9.17) is 9.72 Å². The normalized spacial score (nSPS) is 17.1. The Morgan fingerprint density at radius 2 is 1.68 bits per heavy atom. The van der Waals surface area contributed by atoms with E-state index in [2.05, 4.69) is 22.4 Å². The van der Waals surface area contributed by atoms with Gasteiger partial charge in [-0.2, -0.15) is 0 Å². The minimum atomic E-state index is -0.635. The molecule has 0 spiro atoms. The van der Waals surface area contributed by atoms with E-state index in [1.54, 1.807) is 12.1 Å². The molecule has 4 aromatic rings. The molecule has 170 valence electrons. The molecule has 2 atom stereocenters. The number of methoxy groups -OCH3 is 1. The first kappa shape index (κ1) is 21.6. The standard InChI is InChI=1S/C28H25N3O3/c1-17-22(16-18-10-5-3-6-11-18)31-27(29-17)24-25(19-12-7-4-8-13-19)30-21-15-9-14-20(28(33)34-2)23(21)26(24)32/h3-15,24-25,30H,16H2,1-2H3,(H,29,31). The van der Waals surface area contributed by atoms with Crippen molar-refractivity contribution >= 4 is 17.4 Å². The highest BCUT2D eigenvalue weighted by molar-refractivity contribution is 6.14. The van der Waals surface area contributed by atoms with E-state index in [1.807, 2.05) is 61.5 Å². The number of hydrogen-bond acceptors (Lipinski definition) is 5. The van der Waals surface area contributed by atoms with Gasteiger partial charge in [0.05, 0.1) is 30.0 Å². The average molecular weight is 452 g/mol. The SMILES string of the molecule is COC(=O)c1cccc2c1C(=O)C(c1nc(Cc3ccccc3)c(C)[nH]1)C(c1ccccc1)N2. The minimum absolute atomic E-state index is 0.163. The van der Waals surface area contributed by atoms with Crippen molar-refractivity contribution in [1.29, 1.82) is 0 Å². The number of nitrogens with one attached hydrogen (secondary N) is 2. The zero-order valence-electron chi connectivity index (χ0n) is 19.0. The molecule has 0 bridgehead atoms. The third kappa shape index (κ3) is 3.88. The van der Waals surface area contributed by atoms with Crippen LogP contribution in [-0.2, 0) is 11.2 Å². The van der Waals surface area contributed by atoms with Crippen LogP contribution in [0.3, 0.4) is 0 Å². The van der Waals surface area contributed by atoms with Crippen molar-refractivity contribution < 1.29 is 14.3 Å². The van der Waals surface area contributed by atoms with Crippen LogP contribution in [0.5, 0.6) is 0 Å². The first-order valence-electron chi connectivity index (χ1n) is 11.2. The predicted octanol–water partition coefficient (Wildman–Crippen LogP) is 5.23. The summed E-state index contributed by atoms with van der Waals surface area (Å²) in [6.07, 6.45) is 0.664. The molecular formula is C28H25N3O3. The van der Waals surface area contributed by atoms with E-state index in [0.29, 0.717) is 23.5 Å². The topological polar surface area (TPSA) is 84.1 Å². The molecule has 34 heavy (non-hydrogen) atoms. The molecule has 3 aromatic carbocycles. The third-order valence-electron chi connectivity index (χ3n) is 6.31. The Hall–Kier alpha value is -4.19. The number of esters is 1. The lowest BCUT2D eigenvalue weighted by atomic mass is 9.80. The maximum Gasteiger partial charge on any atom is 0.338 e. The van der Waals surface area contributed by atoms with E-state index in [0.717, 1.165) is 22.5 Å². The maximum absolute atomic E-state index is 14.0. The van der Waals surface area contributed by atoms with E-state index < -0.39 is 11.9 Å². The number of imidazole rings is 1. The van der Waals surface area contributed by atoms with Crippen LogP contribution < -0.4 is 5.32 Å². The summed E-state index contributed by atoms with van der Waals surface area (Å²) in [6, 6.07) is 24.8. The number of fused-ring (bicyclic) bond motifs is 1. The van der Waals surface area contributed by atoms with E-state index in [1.165, 1.54) is 7.11 Å². The molecule has 1 aliphatic rings. The molecule has 0 fully saturated rings. The fourth-order valence-corrected chi connectivity index (χ4v) is 4.62. The number of Topliss-reactive ketones (excluding diaryl/α,β-unsaturated/α-hetero) is 1. The quantitative estimate of drug-likeness (QED) is 0.406. The van der Waals surface area contributed by atoms with Gasteiger partial charge < -0.3 is 15.0 Å². The fourth-order valence-electron chi connectivity index (χ4n) is 4.62. The number of ether oxygens (including phenoxy) is 1. The van der Waals surface area contributed by atoms with Crippen molar-refractivity contribution in [3.8, 4) is 0 Å². The van der Waals surface area contributed by atoms with Crippen LogP contribution in [0.25, 0.3) is 0 Å². The summed E-state index contributed by atoms with van der Waals surface area (Å²) < 4.78 is 4.95. The van der Waals surface area contributed by atoms with Crippen molar-refractivity contribution in [2.24, 2.45) is 0 Å². The molecular weight excluding hydrogens is 426 g/mol. The maximum atomic E-state index is 14.0. The molecule has 6 nitrogen and oxygen atoms in total. The minimum Gasteiger partial charge on any atom is -0.465 e. The second kappa shape index (κ2) is 8.98. The number of aromatic nitrogens is 2. The summed E-state index contributed by atoms with van der Waals surface area (Å²) in [5.41, 5.74) is 5.14. The summed E-state index contributed by atoms with van der Waals surface area (Å²) in [4.78, 5) is 34.7. The largest absolute Gasteiger partial charge is 0.465 e. The highest BCUT2D eigenvalue weighted by atomic mass is 16.5. The van der Waals surface area contributed by atoms with Gasteiger partial charge >= 0.3 is 5.97 Å². The second-order valence-electron chi connectivity index (χ2n) is 8.45. The Labute approximate surface area is 198 Å². The van der Waals surface area contributed by atoms with Gasteiger partial charge in [-0.25, -0.2) is 9.78 Å². The lowest BCUT2D eigenvalue weighted by molar-refractivity contribution is 0.0596. The van der Waals surface area contributed by atoms with Gasteiger partial charge in [-0.1, -0.05) is 66.7 Å². The van der Waals surface area contributed by atoms with Crippen LogP contribution in [0, 0.1) is 6.92 Å². The Bertz CT molecular complexity index is 1350. The van der Waals surface area contributed by atoms with Crippen molar-refractivity contribution in [2.75, 3.05) is 12.4 Å². The number of carbonyl (C=O) groups excluding carboxylic acids is 2. The Kier molecular flexibility index (Phi) is 5.72. The Morgan fingerprint density at radius 1 is 0.971 bits per heavy atom. The van der Waals surface area contributed by atoms with Gasteiger partial charge in [-0.3, -0.25) is 4.79 Å². The number of hydrogen-bond donors (Lipinski definition) is 2. The number of anilines is 1. The lowest BCUT2D eigenvalue weighted by Crippen LogP contribution is -2.34. The van der Waals surface area contributed by atoms with Crippen molar-refractivity contribution in [3.63, 3.8) is 0 Å². The highest BCUT2D eigenvalue weighted by Gasteiger charge is 2.41. The molecule has 1 aromatic heterocycles. The van der Waals surface area contributed by atoms with Crippen LogP contribution in [0.15, 0.2) is 78.9 Å². The molecule has 0 radical (unpaired) electrons. The smallest absolute Gasteiger partial charge is 0.338 e. The van der Waals surface area contributed by atoms with E-state index in [-0.39, 0.29) is 17.4 Å². The van der Waals surface area contributed by atoms with Gasteiger partial charge in [0.2, 0.25) is 0 Å². The molecule has 0 amide bonds. The number of carbonyl (C=O) groups is 2. The number of ketones is 1. The number of nitrogens with zero attached hydrogens (tertiary/aromatic N) is 1. The number of H-pyrrole nitrogens is 1. The first-order valence-corrected chi connectivity index (χ1v) is 11.2. The van der Waals surface area contributed by atoms with Crippen LogP contribution in [0.1, 0.15) is 61.0 Å². The van der Waals surface area contributed by atoms with Gasteiger partial charge in [0.25, 0.3) is 0 Å². The molecule has 0 saturated heterocycles. The Morgan fingerprint density at radius 3 is 2.38 bits per heavy atom. The lowest BCUT2D eigenvalue weighted by Gasteiger charge is -2.33. The zero-order valence-corrected chi connectivity index (χ0v) is 19.0. The van der Waals surface area contributed by atoms with Gasteiger partial charge in [0, 0.05) is 17.8 Å². The van der Waals surface area contributed by atoms with Gasteiger partial charge in [0.15, 0.2) is 5.78 Å². The summed E-state index contributed by atoms with van der Waals surface area (Å²) in [5, 5.41) is 3.50. The molecule has 2 heterocycles. The van der Waals surface area contributed by atoms with Crippen LogP contribution in [0.2, 0.25) is 0 Å². The van der Waals surface area contributed by atoms with Crippen molar-refractivity contribution in [1.82, 2.24) is 9.97 Å². The number of aromatic amines is 1. The molecule has 0 aliphatic carbocycles. The molecule has 6 heteroatoms. The van der Waals surface area contributed by atoms with Crippen LogP contribution >= 0.6 is 0 Å². The molecule has 0 saturated carbocycles. The van der Waals surface area contributed by atoms with Gasteiger partial charge in [0.1, 0.15) is 11.7 Å². The second-order valence-corrected chi connectivity index (χ2v) is 8.45. The fraction of sp³-hybridized carbons (Fsp3) is 0.179. The Balaban J connectivity index is 1.61. The first-order chi connectivity index (χ1) is 16.6. The average Bonchev–Trinajstić information content (AvgIpc) is 3.23. The monoisotopic (exact) mass is 451 g/mol. The summed E-state index contributed by atoms with van der Waals surface area (Å²) >= 11 is 0. The summed E-state index contributed by atoms with van der Waals surface area (Å²) in [5.74, 6) is -0.753. The van der Waals surface area contributed by atoms with Crippen LogP contribution in [0.4, 0.5) is 5.69 Å². The third-order valence-corrected chi connectivity index (χ3v) is 6.31. The predicted molar refractivity (Wildman–Crippen MR) is 130 cm³/mol. The molecule has 1 aliphatic heterocycles. The molecule has 2 unspecified atom stereocenters. The number of aryl methyl sites for hydroxylation is 1.